The number of hydrogen-bond donors (Lipinski definition) is 1. The van der Waals surface area contributed by atoms with E-state index in [1.807, 2.05) is 26.0 Å². The third-order valence-electron chi connectivity index (χ3n) is 4.17. The molecule has 1 aliphatic carbocycles. The Morgan fingerprint density at radius 1 is 1.19 bits per heavy atom. The van der Waals surface area contributed by atoms with Crippen molar-refractivity contribution in [1.29, 1.82) is 0 Å². The summed E-state index contributed by atoms with van der Waals surface area (Å²) in [6.45, 7) is 4.97. The van der Waals surface area contributed by atoms with Crippen molar-refractivity contribution in [2.45, 2.75) is 55.7 Å². The van der Waals surface area contributed by atoms with Crippen LogP contribution in [0.1, 0.15) is 38.3 Å². The highest BCUT2D eigenvalue weighted by atomic mass is 32.2. The fourth-order valence-electron chi connectivity index (χ4n) is 2.75. The zero-order valence-electron chi connectivity index (χ0n) is 14.9. The molecule has 0 spiro atoms. The van der Waals surface area contributed by atoms with E-state index in [1.54, 1.807) is 6.07 Å². The molecule has 1 heterocycles. The molecule has 3 rings (SSSR count). The second-order valence-electron chi connectivity index (χ2n) is 6.51. The summed E-state index contributed by atoms with van der Waals surface area (Å²) in [5.41, 5.74) is 3.10. The first-order valence-corrected chi connectivity index (χ1v) is 10.8. The van der Waals surface area contributed by atoms with Gasteiger partial charge in [0, 0.05) is 5.69 Å². The highest BCUT2D eigenvalue weighted by Crippen LogP contribution is 2.28. The number of aromatic nitrogens is 2. The van der Waals surface area contributed by atoms with Gasteiger partial charge in [-0.2, -0.15) is 0 Å². The number of fused-ring (bicyclic) bond motifs is 1. The Kier molecular flexibility index (Phi) is 5.29. The van der Waals surface area contributed by atoms with Crippen molar-refractivity contribution in [2.75, 3.05) is 5.32 Å². The van der Waals surface area contributed by atoms with E-state index in [9.17, 15) is 13.2 Å². The zero-order valence-corrected chi connectivity index (χ0v) is 16.5. The molecule has 26 heavy (non-hydrogen) atoms. The maximum absolute atomic E-state index is 12.6. The predicted molar refractivity (Wildman–Crippen MR) is 99.4 cm³/mol. The summed E-state index contributed by atoms with van der Waals surface area (Å²) >= 11 is 0.824. The Balaban J connectivity index is 1.73. The first-order valence-electron chi connectivity index (χ1n) is 8.44. The van der Waals surface area contributed by atoms with Crippen molar-refractivity contribution in [3.63, 3.8) is 0 Å². The second kappa shape index (κ2) is 7.32. The van der Waals surface area contributed by atoms with Gasteiger partial charge in [0.2, 0.25) is 20.1 Å². The molecule has 1 aromatic heterocycles. The van der Waals surface area contributed by atoms with Gasteiger partial charge in [0.15, 0.2) is 0 Å². The Morgan fingerprint density at radius 3 is 2.65 bits per heavy atom. The lowest BCUT2D eigenvalue weighted by Crippen LogP contribution is -2.32. The molecule has 0 aliphatic heterocycles. The van der Waals surface area contributed by atoms with Crippen molar-refractivity contribution >= 4 is 32.8 Å². The minimum atomic E-state index is -3.93. The van der Waals surface area contributed by atoms with Gasteiger partial charge in [-0.25, -0.2) is 8.42 Å². The summed E-state index contributed by atoms with van der Waals surface area (Å²) in [5.74, 6) is -0.593. The molecule has 0 saturated heterocycles. The van der Waals surface area contributed by atoms with Gasteiger partial charge in [0.1, 0.15) is 5.25 Å². The average molecular weight is 396 g/mol. The van der Waals surface area contributed by atoms with Crippen LogP contribution in [0.15, 0.2) is 22.5 Å². The third kappa shape index (κ3) is 3.88. The number of rotatable bonds is 6. The quantitative estimate of drug-likeness (QED) is 0.807. The summed E-state index contributed by atoms with van der Waals surface area (Å²) in [5, 5.41) is 8.98. The number of ether oxygens (including phenoxy) is 1. The molecule has 1 atom stereocenters. The van der Waals surface area contributed by atoms with Crippen molar-refractivity contribution in [3.8, 4) is 5.19 Å². The lowest BCUT2D eigenvalue weighted by atomic mass is 10.1. The van der Waals surface area contributed by atoms with Crippen molar-refractivity contribution in [2.24, 2.45) is 0 Å². The number of carbonyl (C=O) groups is 1. The first-order chi connectivity index (χ1) is 12.3. The first kappa shape index (κ1) is 18.8. The molecule has 7 nitrogen and oxygen atoms in total. The molecule has 0 saturated carbocycles. The van der Waals surface area contributed by atoms with E-state index in [0.29, 0.717) is 5.69 Å². The number of carbonyl (C=O) groups excluding carboxylic acids is 1. The predicted octanol–water partition coefficient (Wildman–Crippen LogP) is 2.61. The van der Waals surface area contributed by atoms with Gasteiger partial charge < -0.3 is 10.1 Å². The van der Waals surface area contributed by atoms with Crippen LogP contribution in [0.5, 0.6) is 5.19 Å². The monoisotopic (exact) mass is 395 g/mol. The van der Waals surface area contributed by atoms with E-state index >= 15 is 0 Å². The molecule has 1 amide bonds. The lowest BCUT2D eigenvalue weighted by Gasteiger charge is -2.12. The molecule has 0 unspecified atom stereocenters. The summed E-state index contributed by atoms with van der Waals surface area (Å²) in [6, 6.07) is 5.71. The van der Waals surface area contributed by atoms with Crippen molar-refractivity contribution in [1.82, 2.24) is 10.2 Å². The van der Waals surface area contributed by atoms with Crippen LogP contribution < -0.4 is 10.1 Å². The summed E-state index contributed by atoms with van der Waals surface area (Å²) in [4.78, 5) is 12.5. The van der Waals surface area contributed by atoms with E-state index in [2.05, 4.69) is 15.5 Å². The molecule has 0 bridgehead atoms. The highest BCUT2D eigenvalue weighted by molar-refractivity contribution is 7.94. The number of aryl methyl sites for hydroxylation is 2. The van der Waals surface area contributed by atoms with E-state index in [0.717, 1.165) is 30.6 Å². The standard InChI is InChI=1S/C17H21N3O4S2/c1-10(2)24-16-19-20-17(25-16)26(22,23)11(3)15(21)18-14-8-7-12-5-4-6-13(12)9-14/h7-11H,4-6H2,1-3H3,(H,18,21)/t11-/m0/s1. The highest BCUT2D eigenvalue weighted by Gasteiger charge is 2.33. The number of anilines is 1. The van der Waals surface area contributed by atoms with Gasteiger partial charge in [0.05, 0.1) is 6.10 Å². The normalized spacial score (nSPS) is 14.9. The number of amides is 1. The maximum Gasteiger partial charge on any atom is 0.295 e. The third-order valence-corrected chi connectivity index (χ3v) is 7.44. The summed E-state index contributed by atoms with van der Waals surface area (Å²) in [7, 11) is -3.93. The van der Waals surface area contributed by atoms with E-state index < -0.39 is 21.0 Å². The fraction of sp³-hybridized carbons (Fsp3) is 0.471. The molecule has 1 N–H and O–H groups in total. The molecule has 0 radical (unpaired) electrons. The number of benzene rings is 1. The number of sulfone groups is 1. The minimum absolute atomic E-state index is 0.140. The van der Waals surface area contributed by atoms with Gasteiger partial charge in [-0.15, -0.1) is 5.10 Å². The summed E-state index contributed by atoms with van der Waals surface area (Å²) < 4.78 is 30.4. The molecule has 9 heteroatoms. The smallest absolute Gasteiger partial charge is 0.295 e. The molecular weight excluding hydrogens is 374 g/mol. The number of nitrogens with zero attached hydrogens (tertiary/aromatic N) is 2. The number of nitrogens with one attached hydrogen (secondary N) is 1. The van der Waals surface area contributed by atoms with Gasteiger partial charge in [-0.05, 0) is 74.6 Å². The van der Waals surface area contributed by atoms with Crippen LogP contribution in [0, 0.1) is 0 Å². The van der Waals surface area contributed by atoms with Gasteiger partial charge in [-0.1, -0.05) is 11.2 Å². The van der Waals surface area contributed by atoms with Crippen LogP contribution in [0.2, 0.25) is 0 Å². The van der Waals surface area contributed by atoms with Gasteiger partial charge in [-0.3, -0.25) is 4.79 Å². The lowest BCUT2D eigenvalue weighted by molar-refractivity contribution is -0.115. The average Bonchev–Trinajstić information content (AvgIpc) is 3.22. The SMILES string of the molecule is CC(C)Oc1nnc(S(=O)(=O)[C@@H](C)C(=O)Nc2ccc3c(c2)CCC3)s1. The van der Waals surface area contributed by atoms with Crippen LogP contribution in [-0.2, 0) is 27.5 Å². The molecule has 140 valence electrons. The minimum Gasteiger partial charge on any atom is -0.466 e. The Hall–Kier alpha value is -2.00. The second-order valence-corrected chi connectivity index (χ2v) is 9.90. The molecule has 2 aromatic rings. The fourth-order valence-corrected chi connectivity index (χ4v) is 5.21. The maximum atomic E-state index is 12.6. The van der Waals surface area contributed by atoms with E-state index in [1.165, 1.54) is 18.1 Å². The van der Waals surface area contributed by atoms with Crippen molar-refractivity contribution in [3.05, 3.63) is 29.3 Å². The number of hydrogen-bond acceptors (Lipinski definition) is 7. The van der Waals surface area contributed by atoms with Crippen LogP contribution >= 0.6 is 11.3 Å². The van der Waals surface area contributed by atoms with E-state index in [-0.39, 0.29) is 15.6 Å². The zero-order chi connectivity index (χ0) is 18.9. The van der Waals surface area contributed by atoms with Crippen molar-refractivity contribution < 1.29 is 17.9 Å². The van der Waals surface area contributed by atoms with Gasteiger partial charge in [0.25, 0.3) is 5.19 Å². The van der Waals surface area contributed by atoms with Crippen LogP contribution in [-0.4, -0.2) is 35.9 Å². The van der Waals surface area contributed by atoms with Crippen LogP contribution in [0.3, 0.4) is 0 Å². The molecule has 1 aliphatic rings. The molecule has 1 aromatic carbocycles. The van der Waals surface area contributed by atoms with Crippen LogP contribution in [0.4, 0.5) is 5.69 Å². The molecule has 0 fully saturated rings. The summed E-state index contributed by atoms with van der Waals surface area (Å²) in [6.07, 6.45) is 3.00. The van der Waals surface area contributed by atoms with Crippen LogP contribution in [0.25, 0.3) is 0 Å². The van der Waals surface area contributed by atoms with Gasteiger partial charge >= 0.3 is 0 Å². The largest absolute Gasteiger partial charge is 0.466 e. The Morgan fingerprint density at radius 2 is 1.92 bits per heavy atom. The van der Waals surface area contributed by atoms with E-state index in [4.69, 9.17) is 4.74 Å². The molecular formula is C17H21N3O4S2. The Labute approximate surface area is 156 Å². The Bertz CT molecular complexity index is 922. The topological polar surface area (TPSA) is 98.2 Å².